The lowest BCUT2D eigenvalue weighted by Crippen LogP contribution is -2.14. The van der Waals surface area contributed by atoms with Gasteiger partial charge >= 0.3 is 11.9 Å². The van der Waals surface area contributed by atoms with E-state index in [0.717, 1.165) is 5.69 Å². The Morgan fingerprint density at radius 3 is 2.07 bits per heavy atom. The van der Waals surface area contributed by atoms with Gasteiger partial charge in [0.1, 0.15) is 25.6 Å². The highest BCUT2D eigenvalue weighted by Gasteiger charge is 2.09. The molecule has 1 heterocycles. The summed E-state index contributed by atoms with van der Waals surface area (Å²) in [6.07, 6.45) is 0. The van der Waals surface area contributed by atoms with Crippen LogP contribution in [-0.4, -0.2) is 30.1 Å². The zero-order chi connectivity index (χ0) is 18.9. The number of hydrogen-bond donors (Lipinski definition) is 0. The van der Waals surface area contributed by atoms with Gasteiger partial charge in [0.05, 0.1) is 22.3 Å². The van der Waals surface area contributed by atoms with Gasteiger partial charge in [-0.25, -0.2) is 14.6 Å². The van der Waals surface area contributed by atoms with Crippen LogP contribution >= 0.6 is 11.3 Å². The van der Waals surface area contributed by atoms with Gasteiger partial charge in [0, 0.05) is 5.38 Å². The zero-order valence-corrected chi connectivity index (χ0v) is 15.2. The number of carbonyl (C=O) groups excluding carboxylic acids is 2. The first-order chi connectivity index (χ1) is 13.2. The van der Waals surface area contributed by atoms with Crippen molar-refractivity contribution >= 4 is 23.3 Å². The van der Waals surface area contributed by atoms with E-state index in [9.17, 15) is 9.59 Å². The van der Waals surface area contributed by atoms with Gasteiger partial charge in [0.25, 0.3) is 0 Å². The van der Waals surface area contributed by atoms with Gasteiger partial charge in [-0.2, -0.15) is 0 Å². The Morgan fingerprint density at radius 2 is 1.48 bits per heavy atom. The molecule has 1 aromatic heterocycles. The summed E-state index contributed by atoms with van der Waals surface area (Å²) in [5.74, 6) is -0.304. The maximum atomic E-state index is 12.0. The zero-order valence-electron chi connectivity index (χ0n) is 14.4. The molecule has 0 saturated carbocycles. The first-order valence-electron chi connectivity index (χ1n) is 8.21. The molecule has 0 spiro atoms. The van der Waals surface area contributed by atoms with Crippen molar-refractivity contribution in [1.29, 1.82) is 0 Å². The van der Waals surface area contributed by atoms with Gasteiger partial charge in [0.2, 0.25) is 0 Å². The van der Waals surface area contributed by atoms with Gasteiger partial charge in [-0.1, -0.05) is 18.2 Å². The van der Waals surface area contributed by atoms with Gasteiger partial charge in [-0.15, -0.1) is 11.3 Å². The third kappa shape index (κ3) is 5.65. The Bertz CT molecular complexity index is 863. The third-order valence-electron chi connectivity index (χ3n) is 3.52. The number of aromatic nitrogens is 1. The number of hydrogen-bond acceptors (Lipinski definition) is 7. The maximum absolute atomic E-state index is 12.0. The van der Waals surface area contributed by atoms with E-state index >= 15 is 0 Å². The first-order valence-corrected chi connectivity index (χ1v) is 9.16. The molecule has 3 rings (SSSR count). The van der Waals surface area contributed by atoms with Crippen molar-refractivity contribution in [3.63, 3.8) is 0 Å². The molecule has 0 aliphatic heterocycles. The van der Waals surface area contributed by atoms with Gasteiger partial charge in [-0.05, 0) is 36.4 Å². The number of thiazole rings is 1. The summed E-state index contributed by atoms with van der Waals surface area (Å²) >= 11 is 1.51. The Labute approximate surface area is 160 Å². The van der Waals surface area contributed by atoms with Gasteiger partial charge < -0.3 is 14.2 Å². The fourth-order valence-corrected chi connectivity index (χ4v) is 2.71. The molecule has 6 nitrogen and oxygen atoms in total. The number of rotatable bonds is 8. The fourth-order valence-electron chi connectivity index (χ4n) is 2.16. The average molecular weight is 383 g/mol. The van der Waals surface area contributed by atoms with E-state index in [2.05, 4.69) is 4.98 Å². The van der Waals surface area contributed by atoms with E-state index in [-0.39, 0.29) is 13.2 Å². The van der Waals surface area contributed by atoms with Crippen LogP contribution in [0, 0.1) is 0 Å². The van der Waals surface area contributed by atoms with E-state index in [1.165, 1.54) is 11.3 Å². The molecular weight excluding hydrogens is 366 g/mol. The summed E-state index contributed by atoms with van der Waals surface area (Å²) in [5.41, 5.74) is 3.45. The first kappa shape index (κ1) is 18.6. The Morgan fingerprint density at radius 1 is 0.852 bits per heavy atom. The standard InChI is InChI=1S/C20H17NO5S/c22-19(15-4-2-1-3-5-15)24-10-11-25-20(23)16-6-8-18(9-7-16)26-12-17-13-27-14-21-17/h1-9,13-14H,10-12H2. The van der Waals surface area contributed by atoms with Crippen LogP contribution in [0.3, 0.4) is 0 Å². The number of carbonyl (C=O) groups is 2. The van der Waals surface area contributed by atoms with Crippen molar-refractivity contribution < 1.29 is 23.8 Å². The van der Waals surface area contributed by atoms with Gasteiger partial charge in [0.15, 0.2) is 0 Å². The molecule has 0 amide bonds. The topological polar surface area (TPSA) is 74.7 Å². The fraction of sp³-hybridized carbons (Fsp3) is 0.150. The molecular formula is C20H17NO5S. The normalized spacial score (nSPS) is 10.2. The third-order valence-corrected chi connectivity index (χ3v) is 4.15. The highest BCUT2D eigenvalue weighted by molar-refractivity contribution is 7.07. The minimum absolute atomic E-state index is 0.00565. The quantitative estimate of drug-likeness (QED) is 0.436. The molecule has 138 valence electrons. The predicted molar refractivity (Wildman–Crippen MR) is 99.9 cm³/mol. The number of nitrogens with zero attached hydrogens (tertiary/aromatic N) is 1. The van der Waals surface area contributed by atoms with Crippen LogP contribution in [0.1, 0.15) is 26.4 Å². The van der Waals surface area contributed by atoms with Gasteiger partial charge in [-0.3, -0.25) is 0 Å². The molecule has 0 unspecified atom stereocenters. The molecule has 0 saturated heterocycles. The van der Waals surface area contributed by atoms with Crippen LogP contribution < -0.4 is 4.74 Å². The monoisotopic (exact) mass is 383 g/mol. The molecule has 0 bridgehead atoms. The molecule has 0 aliphatic rings. The summed E-state index contributed by atoms with van der Waals surface area (Å²) in [5, 5.41) is 1.91. The Kier molecular flexibility index (Phi) is 6.54. The van der Waals surface area contributed by atoms with E-state index in [1.54, 1.807) is 54.0 Å². The molecule has 0 atom stereocenters. The lowest BCUT2D eigenvalue weighted by Gasteiger charge is -2.08. The van der Waals surface area contributed by atoms with Crippen LogP contribution in [-0.2, 0) is 16.1 Å². The SMILES string of the molecule is O=C(OCCOC(=O)c1ccc(OCc2cscn2)cc1)c1ccccc1. The smallest absolute Gasteiger partial charge is 0.338 e. The summed E-state index contributed by atoms with van der Waals surface area (Å²) in [6.45, 7) is 0.355. The van der Waals surface area contributed by atoms with Crippen molar-refractivity contribution in [2.45, 2.75) is 6.61 Å². The molecule has 0 N–H and O–H groups in total. The van der Waals surface area contributed by atoms with Crippen LogP contribution in [0.15, 0.2) is 65.5 Å². The van der Waals surface area contributed by atoms with Crippen LogP contribution in [0.5, 0.6) is 5.75 Å². The largest absolute Gasteiger partial charge is 0.487 e. The maximum Gasteiger partial charge on any atom is 0.338 e. The molecule has 7 heteroatoms. The minimum Gasteiger partial charge on any atom is -0.487 e. The molecule has 2 aromatic carbocycles. The molecule has 0 radical (unpaired) electrons. The summed E-state index contributed by atoms with van der Waals surface area (Å²) in [7, 11) is 0. The average Bonchev–Trinajstić information content (AvgIpc) is 3.24. The number of benzene rings is 2. The van der Waals surface area contributed by atoms with Crippen LogP contribution in [0.4, 0.5) is 0 Å². The van der Waals surface area contributed by atoms with E-state index in [1.807, 2.05) is 11.4 Å². The van der Waals surface area contributed by atoms with Crippen LogP contribution in [0.25, 0.3) is 0 Å². The second kappa shape index (κ2) is 9.49. The second-order valence-corrected chi connectivity index (χ2v) is 6.15. The summed E-state index contributed by atoms with van der Waals surface area (Å²) in [6, 6.07) is 15.3. The molecule has 0 aliphatic carbocycles. The molecule has 3 aromatic rings. The van der Waals surface area contributed by atoms with Crippen molar-refractivity contribution in [1.82, 2.24) is 4.98 Å². The number of esters is 2. The van der Waals surface area contributed by atoms with Crippen molar-refractivity contribution in [3.8, 4) is 5.75 Å². The second-order valence-electron chi connectivity index (χ2n) is 5.43. The molecule has 27 heavy (non-hydrogen) atoms. The van der Waals surface area contributed by atoms with Crippen LogP contribution in [0.2, 0.25) is 0 Å². The van der Waals surface area contributed by atoms with Crippen molar-refractivity contribution in [2.24, 2.45) is 0 Å². The van der Waals surface area contributed by atoms with E-state index < -0.39 is 11.9 Å². The lowest BCUT2D eigenvalue weighted by molar-refractivity contribution is 0.0265. The highest BCUT2D eigenvalue weighted by Crippen LogP contribution is 2.15. The summed E-state index contributed by atoms with van der Waals surface area (Å²) < 4.78 is 15.8. The minimum atomic E-state index is -0.489. The number of ether oxygens (including phenoxy) is 3. The predicted octanol–water partition coefficient (Wildman–Crippen LogP) is 3.74. The lowest BCUT2D eigenvalue weighted by atomic mass is 10.2. The van der Waals surface area contributed by atoms with Crippen molar-refractivity contribution in [2.75, 3.05) is 13.2 Å². The summed E-state index contributed by atoms with van der Waals surface area (Å²) in [4.78, 5) is 27.9. The van der Waals surface area contributed by atoms with E-state index in [0.29, 0.717) is 23.5 Å². The van der Waals surface area contributed by atoms with E-state index in [4.69, 9.17) is 14.2 Å². The van der Waals surface area contributed by atoms with Crippen molar-refractivity contribution in [3.05, 3.63) is 82.3 Å². The highest BCUT2D eigenvalue weighted by atomic mass is 32.1. The Balaban J connectivity index is 1.39. The Hall–Kier alpha value is -3.19. The molecule has 0 fully saturated rings.